The number of hydrogen-bond donors (Lipinski definition) is 1. The van der Waals surface area contributed by atoms with Gasteiger partial charge in [-0.15, -0.1) is 0 Å². The summed E-state index contributed by atoms with van der Waals surface area (Å²) in [4.78, 5) is 0. The van der Waals surface area contributed by atoms with Crippen LogP contribution < -0.4 is 0 Å². The van der Waals surface area contributed by atoms with Gasteiger partial charge in [0.2, 0.25) is 0 Å². The van der Waals surface area contributed by atoms with Gasteiger partial charge in [-0.3, -0.25) is 0 Å². The maximum absolute atomic E-state index is 10.4. The standard InChI is InChI=1S/C13H16Cl2O/c14-11-4-5-12(15)10(8-11)9-13(16)6-2-1-3-7-13/h4-5,8,16H,1-3,6-7,9H2. The molecule has 0 saturated heterocycles. The van der Waals surface area contributed by atoms with Gasteiger partial charge in [0.15, 0.2) is 0 Å². The molecule has 1 aliphatic carbocycles. The first kappa shape index (κ1) is 12.2. The van der Waals surface area contributed by atoms with Gasteiger partial charge in [0.25, 0.3) is 0 Å². The van der Waals surface area contributed by atoms with Crippen molar-refractivity contribution in [2.45, 2.75) is 44.1 Å². The Kier molecular flexibility index (Phi) is 3.78. The highest BCUT2D eigenvalue weighted by Gasteiger charge is 2.29. The molecular weight excluding hydrogens is 243 g/mol. The Morgan fingerprint density at radius 1 is 1.12 bits per heavy atom. The Hall–Kier alpha value is -0.240. The summed E-state index contributed by atoms with van der Waals surface area (Å²) in [6.07, 6.45) is 5.80. The average Bonchev–Trinajstić information content (AvgIpc) is 2.24. The van der Waals surface area contributed by atoms with Crippen molar-refractivity contribution in [3.8, 4) is 0 Å². The van der Waals surface area contributed by atoms with Crippen LogP contribution >= 0.6 is 23.2 Å². The van der Waals surface area contributed by atoms with E-state index in [1.165, 1.54) is 6.42 Å². The number of halogens is 2. The van der Waals surface area contributed by atoms with Crippen molar-refractivity contribution in [2.75, 3.05) is 0 Å². The Balaban J connectivity index is 2.15. The van der Waals surface area contributed by atoms with Crippen LogP contribution in [0.1, 0.15) is 37.7 Å². The highest BCUT2D eigenvalue weighted by Crippen LogP contribution is 2.33. The second kappa shape index (κ2) is 4.95. The second-order valence-electron chi connectivity index (χ2n) is 4.70. The van der Waals surface area contributed by atoms with Gasteiger partial charge in [0.1, 0.15) is 0 Å². The molecule has 16 heavy (non-hydrogen) atoms. The van der Waals surface area contributed by atoms with E-state index in [-0.39, 0.29) is 0 Å². The number of aliphatic hydroxyl groups is 1. The summed E-state index contributed by atoms with van der Waals surface area (Å²) in [5.41, 5.74) is 0.380. The van der Waals surface area contributed by atoms with Crippen LogP contribution in [0.2, 0.25) is 10.0 Å². The average molecular weight is 259 g/mol. The van der Waals surface area contributed by atoms with E-state index in [2.05, 4.69) is 0 Å². The van der Waals surface area contributed by atoms with Gasteiger partial charge in [-0.1, -0.05) is 42.5 Å². The summed E-state index contributed by atoms with van der Waals surface area (Å²) in [6, 6.07) is 5.43. The number of hydrogen-bond acceptors (Lipinski definition) is 1. The zero-order chi connectivity index (χ0) is 11.6. The van der Waals surface area contributed by atoms with Gasteiger partial charge < -0.3 is 5.11 Å². The minimum absolute atomic E-state index is 0.577. The van der Waals surface area contributed by atoms with Crippen molar-refractivity contribution in [3.05, 3.63) is 33.8 Å². The molecule has 0 aliphatic heterocycles. The van der Waals surface area contributed by atoms with Crippen molar-refractivity contribution >= 4 is 23.2 Å². The molecule has 1 N–H and O–H groups in total. The lowest BCUT2D eigenvalue weighted by atomic mass is 9.80. The normalized spacial score (nSPS) is 19.7. The van der Waals surface area contributed by atoms with E-state index in [1.807, 2.05) is 6.07 Å². The summed E-state index contributed by atoms with van der Waals surface area (Å²) in [7, 11) is 0. The summed E-state index contributed by atoms with van der Waals surface area (Å²) >= 11 is 12.0. The maximum atomic E-state index is 10.4. The van der Waals surface area contributed by atoms with E-state index in [0.29, 0.717) is 16.5 Å². The Labute approximate surface area is 106 Å². The summed E-state index contributed by atoms with van der Waals surface area (Å²) < 4.78 is 0. The quantitative estimate of drug-likeness (QED) is 0.842. The van der Waals surface area contributed by atoms with Gasteiger partial charge in [-0.25, -0.2) is 0 Å². The second-order valence-corrected chi connectivity index (χ2v) is 5.54. The molecule has 1 saturated carbocycles. The summed E-state index contributed by atoms with van der Waals surface area (Å²) in [6.45, 7) is 0. The van der Waals surface area contributed by atoms with Gasteiger partial charge in [-0.2, -0.15) is 0 Å². The topological polar surface area (TPSA) is 20.2 Å². The fourth-order valence-corrected chi connectivity index (χ4v) is 2.80. The minimum Gasteiger partial charge on any atom is -0.390 e. The van der Waals surface area contributed by atoms with E-state index >= 15 is 0 Å². The SMILES string of the molecule is OC1(Cc2cc(Cl)ccc2Cl)CCCCC1. The molecule has 1 fully saturated rings. The van der Waals surface area contributed by atoms with Crippen LogP contribution in [-0.4, -0.2) is 10.7 Å². The van der Waals surface area contributed by atoms with Gasteiger partial charge in [-0.05, 0) is 36.6 Å². The van der Waals surface area contributed by atoms with Crippen LogP contribution in [0.4, 0.5) is 0 Å². The molecule has 0 radical (unpaired) electrons. The fourth-order valence-electron chi connectivity index (χ4n) is 2.42. The van der Waals surface area contributed by atoms with Crippen molar-refractivity contribution < 1.29 is 5.11 Å². The molecule has 1 aromatic rings. The van der Waals surface area contributed by atoms with E-state index in [9.17, 15) is 5.11 Å². The first-order chi connectivity index (χ1) is 7.59. The van der Waals surface area contributed by atoms with Crippen molar-refractivity contribution in [3.63, 3.8) is 0 Å². The minimum atomic E-state index is -0.577. The Bertz CT molecular complexity index is 370. The van der Waals surface area contributed by atoms with E-state index in [4.69, 9.17) is 23.2 Å². The third-order valence-electron chi connectivity index (χ3n) is 3.31. The number of benzene rings is 1. The van der Waals surface area contributed by atoms with Crippen LogP contribution in [0.5, 0.6) is 0 Å². The molecule has 0 unspecified atom stereocenters. The van der Waals surface area contributed by atoms with Crippen LogP contribution in [0.3, 0.4) is 0 Å². The Morgan fingerprint density at radius 2 is 1.81 bits per heavy atom. The molecule has 1 aromatic carbocycles. The summed E-state index contributed by atoms with van der Waals surface area (Å²) in [5.74, 6) is 0. The van der Waals surface area contributed by atoms with Gasteiger partial charge in [0.05, 0.1) is 5.60 Å². The van der Waals surface area contributed by atoms with Crippen molar-refractivity contribution in [2.24, 2.45) is 0 Å². The van der Waals surface area contributed by atoms with Crippen LogP contribution in [0.25, 0.3) is 0 Å². The molecule has 0 aromatic heterocycles. The lowest BCUT2D eigenvalue weighted by molar-refractivity contribution is 0.00451. The lowest BCUT2D eigenvalue weighted by Gasteiger charge is -2.32. The monoisotopic (exact) mass is 258 g/mol. The third kappa shape index (κ3) is 2.91. The molecule has 3 heteroatoms. The predicted octanol–water partition coefficient (Wildman–Crippen LogP) is 4.23. The number of rotatable bonds is 2. The lowest BCUT2D eigenvalue weighted by Crippen LogP contribution is -2.33. The van der Waals surface area contributed by atoms with E-state index < -0.39 is 5.60 Å². The molecule has 1 nitrogen and oxygen atoms in total. The van der Waals surface area contributed by atoms with Crippen LogP contribution in [0.15, 0.2) is 18.2 Å². The predicted molar refractivity (Wildman–Crippen MR) is 68.2 cm³/mol. The largest absolute Gasteiger partial charge is 0.390 e. The fraction of sp³-hybridized carbons (Fsp3) is 0.538. The zero-order valence-electron chi connectivity index (χ0n) is 9.18. The molecule has 2 rings (SSSR count). The molecule has 0 bridgehead atoms. The van der Waals surface area contributed by atoms with Crippen molar-refractivity contribution in [1.29, 1.82) is 0 Å². The molecule has 88 valence electrons. The highest BCUT2D eigenvalue weighted by molar-refractivity contribution is 6.33. The third-order valence-corrected chi connectivity index (χ3v) is 3.92. The molecule has 1 aliphatic rings. The van der Waals surface area contributed by atoms with Crippen LogP contribution in [-0.2, 0) is 6.42 Å². The maximum Gasteiger partial charge on any atom is 0.0688 e. The first-order valence-electron chi connectivity index (χ1n) is 5.75. The smallest absolute Gasteiger partial charge is 0.0688 e. The molecular formula is C13H16Cl2O. The zero-order valence-corrected chi connectivity index (χ0v) is 10.7. The molecule has 0 atom stereocenters. The summed E-state index contributed by atoms with van der Waals surface area (Å²) in [5, 5.41) is 11.8. The Morgan fingerprint density at radius 3 is 2.50 bits per heavy atom. The van der Waals surface area contributed by atoms with Crippen molar-refractivity contribution in [1.82, 2.24) is 0 Å². The molecule has 0 spiro atoms. The van der Waals surface area contributed by atoms with E-state index in [1.54, 1.807) is 12.1 Å². The van der Waals surface area contributed by atoms with Crippen LogP contribution in [0, 0.1) is 0 Å². The van der Waals surface area contributed by atoms with Gasteiger partial charge in [0, 0.05) is 16.5 Å². The van der Waals surface area contributed by atoms with E-state index in [0.717, 1.165) is 31.2 Å². The molecule has 0 amide bonds. The first-order valence-corrected chi connectivity index (χ1v) is 6.51. The van der Waals surface area contributed by atoms with Gasteiger partial charge >= 0.3 is 0 Å². The highest BCUT2D eigenvalue weighted by atomic mass is 35.5. The molecule has 0 heterocycles.